The van der Waals surface area contributed by atoms with Crippen LogP contribution in [0.3, 0.4) is 0 Å². The molecule has 3 aliphatic rings. The molecule has 3 rings (SSSR count). The molecule has 0 amide bonds. The lowest BCUT2D eigenvalue weighted by Crippen LogP contribution is -2.50. The Balaban J connectivity index is 2.23. The molecule has 1 spiro atoms. The van der Waals surface area contributed by atoms with Crippen molar-refractivity contribution in [2.45, 2.75) is 50.7 Å². The minimum absolute atomic E-state index is 0.336. The van der Waals surface area contributed by atoms with Crippen LogP contribution in [0.25, 0.3) is 0 Å². The van der Waals surface area contributed by atoms with E-state index in [1.54, 1.807) is 6.92 Å². The monoisotopic (exact) mass is 282 g/mol. The third kappa shape index (κ3) is 1.24. The van der Waals surface area contributed by atoms with Gasteiger partial charge in [-0.15, -0.1) is 11.6 Å². The molecule has 0 aromatic heterocycles. The molecule has 4 heteroatoms. The molecule has 3 aliphatic carbocycles. The molecule has 2 N–H and O–H groups in total. The summed E-state index contributed by atoms with van der Waals surface area (Å²) in [6.07, 6.45) is 0.679. The van der Waals surface area contributed by atoms with Gasteiger partial charge in [0.05, 0.1) is 11.5 Å². The minimum atomic E-state index is -1.45. The number of halogens is 1. The minimum Gasteiger partial charge on any atom is -0.388 e. The summed E-state index contributed by atoms with van der Waals surface area (Å²) in [4.78, 5) is 12.6. The Morgan fingerprint density at radius 3 is 2.26 bits per heavy atom. The lowest BCUT2D eigenvalue weighted by atomic mass is 9.67. The lowest BCUT2D eigenvalue weighted by molar-refractivity contribution is -0.138. The van der Waals surface area contributed by atoms with E-state index in [-0.39, 0.29) is 5.78 Å². The van der Waals surface area contributed by atoms with Crippen LogP contribution < -0.4 is 0 Å². The van der Waals surface area contributed by atoms with E-state index in [1.165, 1.54) is 0 Å². The first-order valence-electron chi connectivity index (χ1n) is 6.62. The summed E-state index contributed by atoms with van der Waals surface area (Å²) >= 11 is 6.38. The average molecular weight is 283 g/mol. The Bertz CT molecular complexity index is 504. The summed E-state index contributed by atoms with van der Waals surface area (Å²) in [5.74, 6) is -0.336. The van der Waals surface area contributed by atoms with Gasteiger partial charge in [-0.1, -0.05) is 20.4 Å². The van der Waals surface area contributed by atoms with Crippen molar-refractivity contribution < 1.29 is 15.0 Å². The van der Waals surface area contributed by atoms with Crippen LogP contribution in [0.15, 0.2) is 23.3 Å². The third-order valence-electron chi connectivity index (χ3n) is 5.45. The zero-order valence-corrected chi connectivity index (χ0v) is 12.2. The molecule has 0 heterocycles. The second-order valence-corrected chi connectivity index (χ2v) is 7.31. The van der Waals surface area contributed by atoms with Crippen molar-refractivity contribution in [2.75, 3.05) is 0 Å². The fourth-order valence-electron chi connectivity index (χ4n) is 3.68. The van der Waals surface area contributed by atoms with E-state index < -0.39 is 27.9 Å². The van der Waals surface area contributed by atoms with E-state index in [0.29, 0.717) is 16.7 Å². The van der Waals surface area contributed by atoms with Crippen LogP contribution in [0.4, 0.5) is 0 Å². The van der Waals surface area contributed by atoms with Gasteiger partial charge in [-0.25, -0.2) is 0 Å². The van der Waals surface area contributed by atoms with Gasteiger partial charge in [0, 0.05) is 16.4 Å². The van der Waals surface area contributed by atoms with Crippen molar-refractivity contribution >= 4 is 17.4 Å². The van der Waals surface area contributed by atoms with Crippen LogP contribution in [-0.2, 0) is 4.79 Å². The maximum atomic E-state index is 12.6. The summed E-state index contributed by atoms with van der Waals surface area (Å²) < 4.78 is 0. The van der Waals surface area contributed by atoms with Crippen LogP contribution in [0, 0.1) is 10.8 Å². The highest BCUT2D eigenvalue weighted by Crippen LogP contribution is 2.67. The van der Waals surface area contributed by atoms with E-state index in [1.807, 2.05) is 13.8 Å². The van der Waals surface area contributed by atoms with E-state index in [4.69, 9.17) is 11.6 Å². The molecule has 0 bridgehead atoms. The Hall–Kier alpha value is -0.640. The van der Waals surface area contributed by atoms with Gasteiger partial charge < -0.3 is 10.2 Å². The van der Waals surface area contributed by atoms with E-state index in [0.717, 1.165) is 12.8 Å². The number of rotatable bonds is 0. The quantitative estimate of drug-likeness (QED) is 0.668. The topological polar surface area (TPSA) is 57.5 Å². The number of carbonyl (C=O) groups excluding carboxylic acids is 1. The molecule has 1 fully saturated rings. The summed E-state index contributed by atoms with van der Waals surface area (Å²) in [6, 6.07) is 0. The maximum Gasteiger partial charge on any atom is 0.192 e. The first-order valence-corrected chi connectivity index (χ1v) is 7.06. The molecule has 3 atom stereocenters. The number of ketones is 1. The van der Waals surface area contributed by atoms with Crippen molar-refractivity contribution in [1.82, 2.24) is 0 Å². The fourth-order valence-corrected chi connectivity index (χ4v) is 4.01. The third-order valence-corrected chi connectivity index (χ3v) is 6.23. The molecule has 0 unspecified atom stereocenters. The van der Waals surface area contributed by atoms with E-state index in [2.05, 4.69) is 6.58 Å². The number of hydrogen-bond acceptors (Lipinski definition) is 3. The van der Waals surface area contributed by atoms with E-state index >= 15 is 0 Å². The molecule has 104 valence electrons. The van der Waals surface area contributed by atoms with Gasteiger partial charge in [-0.2, -0.15) is 0 Å². The summed E-state index contributed by atoms with van der Waals surface area (Å²) in [6.45, 7) is 9.29. The molecule has 0 aromatic rings. The van der Waals surface area contributed by atoms with Crippen LogP contribution in [0.5, 0.6) is 0 Å². The molecule has 0 aromatic carbocycles. The van der Waals surface area contributed by atoms with Crippen LogP contribution in [0.1, 0.15) is 33.6 Å². The Morgan fingerprint density at radius 2 is 1.79 bits per heavy atom. The Morgan fingerprint density at radius 1 is 1.26 bits per heavy atom. The van der Waals surface area contributed by atoms with Crippen LogP contribution in [0.2, 0.25) is 0 Å². The summed E-state index contributed by atoms with van der Waals surface area (Å²) in [7, 11) is 0. The number of aliphatic hydroxyl groups is 2. The van der Waals surface area contributed by atoms with E-state index in [9.17, 15) is 15.0 Å². The number of Topliss-reactive ketones (excluding diaryl/α,β-unsaturated/α-hetero) is 1. The summed E-state index contributed by atoms with van der Waals surface area (Å²) in [5.41, 5.74) is -1.00. The SMILES string of the molecule is C=C1C2=C(C(=O)[C@](C)(O)C13CC3)[C@H](Cl)C(C)(C)[C@@H]2O. The predicted octanol–water partition coefficient (Wildman–Crippen LogP) is 1.96. The molecule has 19 heavy (non-hydrogen) atoms. The van der Waals surface area contributed by atoms with Crippen LogP contribution in [-0.4, -0.2) is 33.1 Å². The highest BCUT2D eigenvalue weighted by atomic mass is 35.5. The van der Waals surface area contributed by atoms with Gasteiger partial charge in [0.2, 0.25) is 0 Å². The van der Waals surface area contributed by atoms with Crippen LogP contribution >= 0.6 is 11.6 Å². The average Bonchev–Trinajstić information content (AvgIpc) is 3.09. The molecule has 3 nitrogen and oxygen atoms in total. The zero-order chi connectivity index (χ0) is 14.4. The highest BCUT2D eigenvalue weighted by molar-refractivity contribution is 6.28. The zero-order valence-electron chi connectivity index (χ0n) is 11.5. The number of hydrogen-bond donors (Lipinski definition) is 2. The smallest absolute Gasteiger partial charge is 0.192 e. The molecule has 0 aliphatic heterocycles. The van der Waals surface area contributed by atoms with Gasteiger partial charge in [-0.05, 0) is 30.9 Å². The summed E-state index contributed by atoms with van der Waals surface area (Å²) in [5, 5.41) is 20.6. The van der Waals surface area contributed by atoms with Gasteiger partial charge >= 0.3 is 0 Å². The predicted molar refractivity (Wildman–Crippen MR) is 72.9 cm³/mol. The van der Waals surface area contributed by atoms with Crippen molar-refractivity contribution in [1.29, 1.82) is 0 Å². The lowest BCUT2D eigenvalue weighted by Gasteiger charge is -2.39. The van der Waals surface area contributed by atoms with Gasteiger partial charge in [0.15, 0.2) is 5.78 Å². The second-order valence-electron chi connectivity index (χ2n) is 6.88. The number of alkyl halides is 1. The van der Waals surface area contributed by atoms with Gasteiger partial charge in [0.25, 0.3) is 0 Å². The molecular weight excluding hydrogens is 264 g/mol. The van der Waals surface area contributed by atoms with Crippen molar-refractivity contribution in [3.63, 3.8) is 0 Å². The molecule has 0 radical (unpaired) electrons. The fraction of sp³-hybridized carbons (Fsp3) is 0.667. The van der Waals surface area contributed by atoms with Gasteiger partial charge in [0.1, 0.15) is 5.60 Å². The molecule has 1 saturated carbocycles. The normalized spacial score (nSPS) is 42.8. The first kappa shape index (κ1) is 13.3. The largest absolute Gasteiger partial charge is 0.388 e. The second kappa shape index (κ2) is 3.33. The molecular formula is C15H19ClO3. The Labute approximate surface area is 118 Å². The van der Waals surface area contributed by atoms with Crippen molar-refractivity contribution in [3.8, 4) is 0 Å². The Kier molecular flexibility index (Phi) is 2.34. The maximum absolute atomic E-state index is 12.6. The van der Waals surface area contributed by atoms with Gasteiger partial charge in [-0.3, -0.25) is 4.79 Å². The number of aliphatic hydroxyl groups excluding tert-OH is 1. The number of carbonyl (C=O) groups is 1. The standard InChI is InChI=1S/C15H19ClO3/c1-7-8-9(10(16)13(2,3)11(8)17)12(18)14(4,19)15(7)5-6-15/h10-11,17,19H,1,5-6H2,2-4H3/t10-,11+,14-/m0/s1. The van der Waals surface area contributed by atoms with Crippen molar-refractivity contribution in [2.24, 2.45) is 10.8 Å². The van der Waals surface area contributed by atoms with Crippen molar-refractivity contribution in [3.05, 3.63) is 23.3 Å². The first-order chi connectivity index (χ1) is 8.59. The molecule has 0 saturated heterocycles. The highest BCUT2D eigenvalue weighted by Gasteiger charge is 2.69.